The molecule has 1 radical (unpaired) electrons. The van der Waals surface area contributed by atoms with Gasteiger partial charge in [-0.2, -0.15) is 0 Å². The van der Waals surface area contributed by atoms with Crippen LogP contribution in [0.5, 0.6) is 0 Å². The minimum Gasteiger partial charge on any atom is -0.377 e. The molecule has 1 saturated heterocycles. The molecule has 0 bridgehead atoms. The molecule has 1 rings (SSSR count). The molecule has 1 amide bonds. The molecule has 1 aliphatic heterocycles. The van der Waals surface area contributed by atoms with Crippen molar-refractivity contribution in [2.24, 2.45) is 0 Å². The molecule has 1 unspecified atom stereocenters. The van der Waals surface area contributed by atoms with E-state index in [1.54, 1.807) is 0 Å². The Hall–Kier alpha value is -0.570. The smallest absolute Gasteiger partial charge is 0.241 e. The summed E-state index contributed by atoms with van der Waals surface area (Å²) in [5, 5.41) is 3.90. The maximum Gasteiger partial charge on any atom is 0.241 e. The van der Waals surface area contributed by atoms with E-state index in [0.29, 0.717) is 13.0 Å². The molecule has 3 heteroatoms. The van der Waals surface area contributed by atoms with Crippen LogP contribution in [0.4, 0.5) is 0 Å². The Bertz CT molecular complexity index is 145. The summed E-state index contributed by atoms with van der Waals surface area (Å²) in [4.78, 5) is 10.7. The van der Waals surface area contributed by atoms with E-state index < -0.39 is 0 Å². The summed E-state index contributed by atoms with van der Waals surface area (Å²) in [6, 6.07) is 0.130. The molecule has 1 heterocycles. The summed E-state index contributed by atoms with van der Waals surface area (Å²) in [5.41, 5.74) is 0. The van der Waals surface area contributed by atoms with Crippen LogP contribution in [0, 0.1) is 0 Å². The lowest BCUT2D eigenvalue weighted by atomic mass is 10.2. The Morgan fingerprint density at radius 2 is 2.45 bits per heavy atom. The van der Waals surface area contributed by atoms with Crippen LogP contribution in [0.15, 0.2) is 0 Å². The van der Waals surface area contributed by atoms with Crippen molar-refractivity contribution in [3.05, 3.63) is 0 Å². The third-order valence-corrected chi connectivity index (χ3v) is 1.64. The third kappa shape index (κ3) is 2.89. The molecule has 0 aromatic carbocycles. The third-order valence-electron chi connectivity index (χ3n) is 1.64. The molecular formula is C8H14NO2. The molecular weight excluding hydrogens is 142 g/mol. The maximum atomic E-state index is 10.7. The molecule has 0 spiro atoms. The first-order valence-corrected chi connectivity index (χ1v) is 4.04. The highest BCUT2D eigenvalue weighted by atomic mass is 16.5. The lowest BCUT2D eigenvalue weighted by molar-refractivity contribution is -0.119. The van der Waals surface area contributed by atoms with Crippen LogP contribution in [-0.2, 0) is 9.53 Å². The number of hydrogen-bond donors (Lipinski definition) is 0. The summed E-state index contributed by atoms with van der Waals surface area (Å²) in [6.07, 6.45) is 1.71. The van der Waals surface area contributed by atoms with Crippen molar-refractivity contribution in [1.29, 1.82) is 0 Å². The van der Waals surface area contributed by atoms with E-state index in [9.17, 15) is 4.79 Å². The summed E-state index contributed by atoms with van der Waals surface area (Å²) >= 11 is 0. The van der Waals surface area contributed by atoms with Gasteiger partial charge in [0.25, 0.3) is 0 Å². The molecule has 0 aromatic heterocycles. The second-order valence-corrected chi connectivity index (χ2v) is 3.10. The fourth-order valence-electron chi connectivity index (χ4n) is 1.05. The van der Waals surface area contributed by atoms with Gasteiger partial charge in [-0.25, -0.2) is 5.32 Å². The quantitative estimate of drug-likeness (QED) is 0.603. The highest BCUT2D eigenvalue weighted by Crippen LogP contribution is 2.09. The Balaban J connectivity index is 2.13. The zero-order valence-corrected chi connectivity index (χ0v) is 7.04. The lowest BCUT2D eigenvalue weighted by Gasteiger charge is -2.10. The van der Waals surface area contributed by atoms with Crippen LogP contribution >= 0.6 is 0 Å². The van der Waals surface area contributed by atoms with Crippen molar-refractivity contribution in [2.75, 3.05) is 6.61 Å². The first kappa shape index (κ1) is 8.53. The minimum absolute atomic E-state index is 0.0300. The van der Waals surface area contributed by atoms with Gasteiger partial charge in [-0.05, 0) is 20.3 Å². The monoisotopic (exact) mass is 156 g/mol. The Morgan fingerprint density at radius 3 is 2.91 bits per heavy atom. The van der Waals surface area contributed by atoms with Gasteiger partial charge in [0.1, 0.15) is 0 Å². The molecule has 1 aliphatic rings. The van der Waals surface area contributed by atoms with Gasteiger partial charge in [0.15, 0.2) is 0 Å². The standard InChI is InChI=1S/C8H14NO2/c1-6(2)11-5-7-3-4-8(10)9-7/h6-7H,3-5H2,1-2H3. The molecule has 0 aromatic rings. The number of carbonyl (C=O) groups excluding carboxylic acids is 1. The summed E-state index contributed by atoms with van der Waals surface area (Å²) in [7, 11) is 0. The van der Waals surface area contributed by atoms with Gasteiger partial charge in [-0.15, -0.1) is 0 Å². The van der Waals surface area contributed by atoms with Crippen LogP contribution < -0.4 is 5.32 Å². The first-order valence-electron chi connectivity index (χ1n) is 4.04. The van der Waals surface area contributed by atoms with Gasteiger partial charge < -0.3 is 4.74 Å². The zero-order valence-electron chi connectivity index (χ0n) is 7.04. The SMILES string of the molecule is CC(C)OCC1CCC(=O)[N]1. The van der Waals surface area contributed by atoms with Crippen molar-refractivity contribution < 1.29 is 9.53 Å². The van der Waals surface area contributed by atoms with Crippen molar-refractivity contribution in [1.82, 2.24) is 5.32 Å². The van der Waals surface area contributed by atoms with Crippen LogP contribution in [0.3, 0.4) is 0 Å². The van der Waals surface area contributed by atoms with Crippen molar-refractivity contribution in [3.63, 3.8) is 0 Å². The van der Waals surface area contributed by atoms with Crippen LogP contribution in [0.25, 0.3) is 0 Å². The predicted octanol–water partition coefficient (Wildman–Crippen LogP) is 0.705. The Kier molecular flexibility index (Phi) is 2.88. The lowest BCUT2D eigenvalue weighted by Crippen LogP contribution is -2.24. The number of nitrogens with zero attached hydrogens (tertiary/aromatic N) is 1. The van der Waals surface area contributed by atoms with Crippen LogP contribution in [0.2, 0.25) is 0 Å². The van der Waals surface area contributed by atoms with E-state index in [4.69, 9.17) is 4.74 Å². The van der Waals surface area contributed by atoms with Crippen LogP contribution in [0.1, 0.15) is 26.7 Å². The van der Waals surface area contributed by atoms with E-state index >= 15 is 0 Å². The first-order chi connectivity index (χ1) is 5.18. The van der Waals surface area contributed by atoms with Gasteiger partial charge >= 0.3 is 0 Å². The van der Waals surface area contributed by atoms with Crippen molar-refractivity contribution >= 4 is 5.91 Å². The largest absolute Gasteiger partial charge is 0.377 e. The number of rotatable bonds is 3. The maximum absolute atomic E-state index is 10.7. The highest BCUT2D eigenvalue weighted by molar-refractivity contribution is 5.78. The summed E-state index contributed by atoms with van der Waals surface area (Å²) < 4.78 is 5.33. The molecule has 0 aliphatic carbocycles. The van der Waals surface area contributed by atoms with Crippen LogP contribution in [-0.4, -0.2) is 24.7 Å². The van der Waals surface area contributed by atoms with E-state index in [0.717, 1.165) is 6.42 Å². The van der Waals surface area contributed by atoms with E-state index in [-0.39, 0.29) is 18.1 Å². The van der Waals surface area contributed by atoms with Gasteiger partial charge in [0.2, 0.25) is 5.91 Å². The summed E-state index contributed by atoms with van der Waals surface area (Å²) in [6.45, 7) is 4.57. The Morgan fingerprint density at radius 1 is 1.73 bits per heavy atom. The highest BCUT2D eigenvalue weighted by Gasteiger charge is 2.22. The van der Waals surface area contributed by atoms with Gasteiger partial charge in [0.05, 0.1) is 18.8 Å². The normalized spacial score (nSPS) is 24.3. The Labute approximate surface area is 67.1 Å². The molecule has 0 saturated carbocycles. The number of hydrogen-bond acceptors (Lipinski definition) is 2. The topological polar surface area (TPSA) is 40.4 Å². The molecule has 1 atom stereocenters. The molecule has 1 fully saturated rings. The molecule has 63 valence electrons. The fourth-order valence-corrected chi connectivity index (χ4v) is 1.05. The van der Waals surface area contributed by atoms with Crippen molar-refractivity contribution in [3.8, 4) is 0 Å². The minimum atomic E-state index is 0.0300. The predicted molar refractivity (Wildman–Crippen MR) is 41.3 cm³/mol. The average Bonchev–Trinajstić information content (AvgIpc) is 2.31. The second-order valence-electron chi connectivity index (χ2n) is 3.10. The molecule has 3 nitrogen and oxygen atoms in total. The summed E-state index contributed by atoms with van der Waals surface area (Å²) in [5.74, 6) is 0.0300. The zero-order chi connectivity index (χ0) is 8.27. The molecule has 11 heavy (non-hydrogen) atoms. The van der Waals surface area contributed by atoms with Gasteiger partial charge in [-0.1, -0.05) is 0 Å². The van der Waals surface area contributed by atoms with E-state index in [1.807, 2.05) is 13.8 Å². The molecule has 0 N–H and O–H groups in total. The number of carbonyl (C=O) groups is 1. The van der Waals surface area contributed by atoms with E-state index in [1.165, 1.54) is 0 Å². The second kappa shape index (κ2) is 3.72. The number of ether oxygens (including phenoxy) is 1. The average molecular weight is 156 g/mol. The van der Waals surface area contributed by atoms with E-state index in [2.05, 4.69) is 5.32 Å². The fraction of sp³-hybridized carbons (Fsp3) is 0.875. The van der Waals surface area contributed by atoms with Crippen molar-refractivity contribution in [2.45, 2.75) is 38.8 Å². The number of amides is 1. The van der Waals surface area contributed by atoms with Gasteiger partial charge in [0, 0.05) is 6.42 Å². The van der Waals surface area contributed by atoms with Gasteiger partial charge in [-0.3, -0.25) is 4.79 Å².